The molecule has 1 N–H and O–H groups in total. The van der Waals surface area contributed by atoms with E-state index in [0.29, 0.717) is 21.6 Å². The van der Waals surface area contributed by atoms with Gasteiger partial charge in [-0.25, -0.2) is 4.39 Å². The van der Waals surface area contributed by atoms with Crippen LogP contribution in [0, 0.1) is 5.82 Å². The van der Waals surface area contributed by atoms with Crippen molar-refractivity contribution in [1.82, 2.24) is 10.2 Å². The highest BCUT2D eigenvalue weighted by molar-refractivity contribution is 9.10. The van der Waals surface area contributed by atoms with Gasteiger partial charge in [0.25, 0.3) is 5.91 Å². The van der Waals surface area contributed by atoms with Crippen LogP contribution in [0.2, 0.25) is 0 Å². The number of hydrogen-bond acceptors (Lipinski definition) is 8. The number of carbonyl (C=O) groups is 1. The van der Waals surface area contributed by atoms with Crippen molar-refractivity contribution in [3.05, 3.63) is 72.7 Å². The molecule has 174 valence electrons. The lowest BCUT2D eigenvalue weighted by molar-refractivity contribution is 0.0970. The van der Waals surface area contributed by atoms with E-state index >= 15 is 0 Å². The quantitative estimate of drug-likeness (QED) is 0.377. The van der Waals surface area contributed by atoms with Crippen molar-refractivity contribution in [3.8, 4) is 11.5 Å². The van der Waals surface area contributed by atoms with Gasteiger partial charge in [0.1, 0.15) is 16.4 Å². The molecule has 1 amide bonds. The summed E-state index contributed by atoms with van der Waals surface area (Å²) in [7, 11) is 1.39. The van der Waals surface area contributed by atoms with Crippen LogP contribution in [0.3, 0.4) is 0 Å². The fourth-order valence-electron chi connectivity index (χ4n) is 4.02. The van der Waals surface area contributed by atoms with Gasteiger partial charge in [-0.05, 0) is 58.2 Å². The molecule has 5 rings (SSSR count). The molecule has 11 heteroatoms. The topological polar surface area (TPSA) is 106 Å². The third kappa shape index (κ3) is 3.46. The van der Waals surface area contributed by atoms with E-state index in [9.17, 15) is 19.1 Å². The zero-order valence-corrected chi connectivity index (χ0v) is 20.4. The molecule has 34 heavy (non-hydrogen) atoms. The van der Waals surface area contributed by atoms with Crippen molar-refractivity contribution in [1.29, 1.82) is 0 Å². The zero-order chi connectivity index (χ0) is 24.1. The van der Waals surface area contributed by atoms with Gasteiger partial charge in [-0.3, -0.25) is 14.5 Å². The van der Waals surface area contributed by atoms with E-state index in [0.717, 1.165) is 23.6 Å². The Morgan fingerprint density at radius 1 is 1.26 bits per heavy atom. The molecule has 1 aliphatic heterocycles. The Balaban J connectivity index is 1.80. The maximum Gasteiger partial charge on any atom is 0.297 e. The third-order valence-corrected chi connectivity index (χ3v) is 7.13. The van der Waals surface area contributed by atoms with Crippen LogP contribution in [-0.2, 0) is 6.42 Å². The predicted molar refractivity (Wildman–Crippen MR) is 127 cm³/mol. The minimum Gasteiger partial charge on any atom is -0.503 e. The highest BCUT2D eigenvalue weighted by Crippen LogP contribution is 2.45. The summed E-state index contributed by atoms with van der Waals surface area (Å²) in [6, 6.07) is 5.73. The minimum atomic E-state index is -0.959. The van der Waals surface area contributed by atoms with Gasteiger partial charge < -0.3 is 14.3 Å². The van der Waals surface area contributed by atoms with Crippen LogP contribution < -0.4 is 15.1 Å². The lowest BCUT2D eigenvalue weighted by Crippen LogP contribution is -2.29. The Hall–Kier alpha value is -3.31. The molecule has 2 aromatic carbocycles. The molecule has 0 saturated heterocycles. The molecule has 0 bridgehead atoms. The SMILES string of the molecule is CCCc1nnc(N2C(=O)c3oc4ccc(F)cc4c(=O)c3C2c2cc(Br)c(O)c(OC)c2)s1. The molecule has 1 unspecified atom stereocenters. The van der Waals surface area contributed by atoms with Crippen LogP contribution in [0.1, 0.15) is 46.1 Å². The fourth-order valence-corrected chi connectivity index (χ4v) is 5.45. The summed E-state index contributed by atoms with van der Waals surface area (Å²) >= 11 is 4.54. The number of benzene rings is 2. The molecule has 2 aromatic heterocycles. The van der Waals surface area contributed by atoms with E-state index < -0.39 is 23.2 Å². The van der Waals surface area contributed by atoms with Gasteiger partial charge in [-0.2, -0.15) is 0 Å². The van der Waals surface area contributed by atoms with E-state index in [4.69, 9.17) is 9.15 Å². The summed E-state index contributed by atoms with van der Waals surface area (Å²) in [5.41, 5.74) is 0.0875. The number of aromatic hydroxyl groups is 1. The Labute approximate surface area is 204 Å². The van der Waals surface area contributed by atoms with Gasteiger partial charge in [0.05, 0.1) is 28.6 Å². The first-order valence-corrected chi connectivity index (χ1v) is 11.9. The fraction of sp³-hybridized carbons (Fsp3) is 0.217. The van der Waals surface area contributed by atoms with Crippen molar-refractivity contribution in [3.63, 3.8) is 0 Å². The normalized spacial score (nSPS) is 15.2. The lowest BCUT2D eigenvalue weighted by atomic mass is 9.98. The molecule has 0 aliphatic carbocycles. The predicted octanol–water partition coefficient (Wildman–Crippen LogP) is 4.96. The van der Waals surface area contributed by atoms with Crippen LogP contribution in [0.5, 0.6) is 11.5 Å². The van der Waals surface area contributed by atoms with E-state index in [2.05, 4.69) is 26.1 Å². The van der Waals surface area contributed by atoms with Crippen molar-refractivity contribution in [2.45, 2.75) is 25.8 Å². The molecule has 1 aliphatic rings. The molecule has 1 atom stereocenters. The number of halogens is 2. The summed E-state index contributed by atoms with van der Waals surface area (Å²) < 4.78 is 25.4. The summed E-state index contributed by atoms with van der Waals surface area (Å²) in [5, 5.41) is 19.7. The Morgan fingerprint density at radius 2 is 2.06 bits per heavy atom. The average molecular weight is 546 g/mol. The number of aromatic nitrogens is 2. The second-order valence-corrected chi connectivity index (χ2v) is 9.57. The van der Waals surface area contributed by atoms with Crippen LogP contribution in [0.15, 0.2) is 44.0 Å². The molecule has 8 nitrogen and oxygen atoms in total. The molecule has 3 heterocycles. The summed E-state index contributed by atoms with van der Waals surface area (Å²) in [4.78, 5) is 28.5. The second kappa shape index (κ2) is 8.48. The van der Waals surface area contributed by atoms with E-state index in [-0.39, 0.29) is 33.8 Å². The number of methoxy groups -OCH3 is 1. The minimum absolute atomic E-state index is 0.0205. The molecular formula is C23H17BrFN3O5S. The highest BCUT2D eigenvalue weighted by atomic mass is 79.9. The highest BCUT2D eigenvalue weighted by Gasteiger charge is 2.45. The first-order valence-electron chi connectivity index (χ1n) is 10.3. The number of aryl methyl sites for hydroxylation is 1. The molecule has 0 fully saturated rings. The molecule has 0 saturated carbocycles. The van der Waals surface area contributed by atoms with Crippen LogP contribution in [0.4, 0.5) is 9.52 Å². The number of ether oxygens (including phenoxy) is 1. The van der Waals surface area contributed by atoms with Crippen molar-refractivity contribution in [2.75, 3.05) is 12.0 Å². The van der Waals surface area contributed by atoms with Gasteiger partial charge in [-0.15, -0.1) is 10.2 Å². The largest absolute Gasteiger partial charge is 0.503 e. The molecule has 4 aromatic rings. The second-order valence-electron chi connectivity index (χ2n) is 7.67. The molecule has 0 spiro atoms. The maximum absolute atomic E-state index is 14.0. The number of rotatable bonds is 5. The van der Waals surface area contributed by atoms with Gasteiger partial charge in [0.15, 0.2) is 16.9 Å². The van der Waals surface area contributed by atoms with Crippen molar-refractivity contribution >= 4 is 49.3 Å². The van der Waals surface area contributed by atoms with Crippen molar-refractivity contribution in [2.24, 2.45) is 0 Å². The van der Waals surface area contributed by atoms with Crippen LogP contribution in [0.25, 0.3) is 11.0 Å². The van der Waals surface area contributed by atoms with Crippen LogP contribution >= 0.6 is 27.3 Å². The van der Waals surface area contributed by atoms with Crippen LogP contribution in [-0.4, -0.2) is 28.3 Å². The standard InChI is InChI=1S/C23H17BrFN3O5S/c1-3-4-16-26-27-23(34-16)28-18(10-7-13(24)20(30)15(8-10)32-2)17-19(29)12-9-11(25)5-6-14(12)33-21(17)22(28)31/h5-9,18,30H,3-4H2,1-2H3. The first kappa shape index (κ1) is 22.5. The number of amides is 1. The third-order valence-electron chi connectivity index (χ3n) is 5.54. The molecular weight excluding hydrogens is 529 g/mol. The number of carbonyl (C=O) groups excluding carboxylic acids is 1. The lowest BCUT2D eigenvalue weighted by Gasteiger charge is -2.23. The number of anilines is 1. The summed E-state index contributed by atoms with van der Waals surface area (Å²) in [5.74, 6) is -1.29. The van der Waals surface area contributed by atoms with Gasteiger partial charge in [0, 0.05) is 6.42 Å². The Kier molecular flexibility index (Phi) is 5.61. The number of nitrogens with zero attached hydrogens (tertiary/aromatic N) is 3. The number of fused-ring (bicyclic) bond motifs is 2. The monoisotopic (exact) mass is 545 g/mol. The van der Waals surface area contributed by atoms with Gasteiger partial charge >= 0.3 is 0 Å². The number of hydrogen-bond donors (Lipinski definition) is 1. The van der Waals surface area contributed by atoms with E-state index in [1.807, 2.05) is 6.92 Å². The Morgan fingerprint density at radius 3 is 2.79 bits per heavy atom. The zero-order valence-electron chi connectivity index (χ0n) is 18.0. The van der Waals surface area contributed by atoms with Crippen molar-refractivity contribution < 1.29 is 23.4 Å². The van der Waals surface area contributed by atoms with E-state index in [1.165, 1.54) is 35.5 Å². The average Bonchev–Trinajstić information content (AvgIpc) is 3.39. The number of phenols is 1. The smallest absolute Gasteiger partial charge is 0.297 e. The van der Waals surface area contributed by atoms with Gasteiger partial charge in [0.2, 0.25) is 10.9 Å². The first-order chi connectivity index (χ1) is 16.3. The Bertz CT molecular complexity index is 1520. The number of phenolic OH excluding ortho intramolecular Hbond substituents is 1. The van der Waals surface area contributed by atoms with Gasteiger partial charge in [-0.1, -0.05) is 18.3 Å². The van der Waals surface area contributed by atoms with E-state index in [1.54, 1.807) is 6.07 Å². The maximum atomic E-state index is 14.0. The summed E-state index contributed by atoms with van der Waals surface area (Å²) in [6.45, 7) is 2.01. The summed E-state index contributed by atoms with van der Waals surface area (Å²) in [6.07, 6.45) is 1.54. The molecule has 0 radical (unpaired) electrons.